The van der Waals surface area contributed by atoms with Gasteiger partial charge in [-0.05, 0) is 24.3 Å². The molecule has 0 radical (unpaired) electrons. The molecule has 0 saturated heterocycles. The molecule has 2 heterocycles. The minimum atomic E-state index is -0.561. The largest absolute Gasteiger partial charge is 0.506 e. The van der Waals surface area contributed by atoms with E-state index in [9.17, 15) is 5.11 Å². The minimum absolute atomic E-state index is 0.0259. The molecule has 1 aliphatic heterocycles. The topological polar surface area (TPSA) is 88.5 Å². The highest BCUT2D eigenvalue weighted by molar-refractivity contribution is 9.10. The smallest absolute Gasteiger partial charge is 0.212 e. The van der Waals surface area contributed by atoms with Gasteiger partial charge in [0, 0.05) is 10.0 Å². The highest BCUT2D eigenvalue weighted by Gasteiger charge is 2.28. The molecule has 0 fully saturated rings. The van der Waals surface area contributed by atoms with Gasteiger partial charge in [-0.1, -0.05) is 39.7 Å². The van der Waals surface area contributed by atoms with E-state index in [2.05, 4.69) is 31.2 Å². The molecule has 1 atom stereocenters. The number of anilines is 1. The second kappa shape index (κ2) is 5.14. The van der Waals surface area contributed by atoms with E-state index in [0.29, 0.717) is 11.5 Å². The Bertz CT molecular complexity index is 968. The number of nitrogens with one attached hydrogen (secondary N) is 1. The Kier molecular flexibility index (Phi) is 3.21. The van der Waals surface area contributed by atoms with Gasteiger partial charge in [0.25, 0.3) is 0 Å². The van der Waals surface area contributed by atoms with E-state index in [1.165, 1.54) is 0 Å². The minimum Gasteiger partial charge on any atom is -0.506 e. The molecule has 4 N–H and O–H groups in total. The molecule has 0 bridgehead atoms. The van der Waals surface area contributed by atoms with Gasteiger partial charge in [0.05, 0.1) is 16.1 Å². The number of hydrogen-bond acceptors (Lipinski definition) is 5. The van der Waals surface area contributed by atoms with Crippen molar-refractivity contribution in [1.82, 2.24) is 9.55 Å². The lowest BCUT2D eigenvalue weighted by Crippen LogP contribution is -2.31. The van der Waals surface area contributed by atoms with Crippen LogP contribution in [0.1, 0.15) is 11.7 Å². The Labute approximate surface area is 144 Å². The summed E-state index contributed by atoms with van der Waals surface area (Å²) in [6.45, 7) is 0. The summed E-state index contributed by atoms with van der Waals surface area (Å²) in [7, 11) is 0. The zero-order chi connectivity index (χ0) is 16.1. The third kappa shape index (κ3) is 2.24. The number of aromatic hydroxyl groups is 1. The molecule has 0 spiro atoms. The fraction of sp³-hybridized carbons (Fsp3) is 0.0667. The van der Waals surface area contributed by atoms with Crippen molar-refractivity contribution in [3.63, 3.8) is 0 Å². The second-order valence-electron chi connectivity index (χ2n) is 5.13. The van der Waals surface area contributed by atoms with Crippen LogP contribution in [0.5, 0.6) is 5.75 Å². The number of halogens is 2. The number of nitrogens with zero attached hydrogens (tertiary/aromatic N) is 3. The fourth-order valence-corrected chi connectivity index (χ4v) is 3.54. The van der Waals surface area contributed by atoms with Crippen LogP contribution in [-0.4, -0.2) is 20.6 Å². The van der Waals surface area contributed by atoms with Crippen molar-refractivity contribution >= 4 is 50.5 Å². The van der Waals surface area contributed by atoms with E-state index < -0.39 is 6.17 Å². The Balaban J connectivity index is 2.01. The number of imidazole rings is 1. The molecule has 1 aliphatic rings. The molecule has 3 aromatic rings. The summed E-state index contributed by atoms with van der Waals surface area (Å²) < 4.78 is 2.62. The molecule has 8 heteroatoms. The first-order valence-corrected chi connectivity index (χ1v) is 7.97. The van der Waals surface area contributed by atoms with Crippen LogP contribution in [0.15, 0.2) is 45.9 Å². The Morgan fingerprint density at radius 2 is 2.09 bits per heavy atom. The van der Waals surface area contributed by atoms with Gasteiger partial charge in [0.2, 0.25) is 5.95 Å². The number of nitrogens with two attached hydrogens (primary N) is 1. The number of rotatable bonds is 1. The molecular formula is C15H11BrClN5O. The van der Waals surface area contributed by atoms with Gasteiger partial charge >= 0.3 is 0 Å². The summed E-state index contributed by atoms with van der Waals surface area (Å²) in [6, 6.07) is 11.1. The van der Waals surface area contributed by atoms with E-state index >= 15 is 0 Å². The van der Waals surface area contributed by atoms with Crippen molar-refractivity contribution in [2.75, 3.05) is 5.32 Å². The normalized spacial score (nSPS) is 16.8. The van der Waals surface area contributed by atoms with Gasteiger partial charge in [-0.3, -0.25) is 9.88 Å². The molecule has 0 saturated carbocycles. The average molecular weight is 393 g/mol. The van der Waals surface area contributed by atoms with E-state index in [-0.39, 0.29) is 16.7 Å². The van der Waals surface area contributed by atoms with Gasteiger partial charge < -0.3 is 10.8 Å². The molecular weight excluding hydrogens is 382 g/mol. The lowest BCUT2D eigenvalue weighted by Gasteiger charge is -2.24. The maximum Gasteiger partial charge on any atom is 0.212 e. The molecule has 1 aromatic heterocycles. The van der Waals surface area contributed by atoms with Gasteiger partial charge in [-0.2, -0.15) is 0 Å². The van der Waals surface area contributed by atoms with Crippen LogP contribution < -0.4 is 11.1 Å². The Morgan fingerprint density at radius 3 is 2.91 bits per heavy atom. The first-order valence-electron chi connectivity index (χ1n) is 6.80. The number of fused-ring (bicyclic) bond motifs is 3. The Hall–Kier alpha value is -2.25. The van der Waals surface area contributed by atoms with Gasteiger partial charge in [0.1, 0.15) is 5.75 Å². The monoisotopic (exact) mass is 391 g/mol. The van der Waals surface area contributed by atoms with Crippen LogP contribution in [0.2, 0.25) is 5.02 Å². The van der Waals surface area contributed by atoms with Crippen molar-refractivity contribution in [1.29, 1.82) is 0 Å². The number of para-hydroxylation sites is 2. The number of aromatic nitrogens is 2. The summed E-state index contributed by atoms with van der Waals surface area (Å²) in [5.41, 5.74) is 8.12. The van der Waals surface area contributed by atoms with Crippen LogP contribution in [0.3, 0.4) is 0 Å². The predicted molar refractivity (Wildman–Crippen MR) is 93.9 cm³/mol. The quantitative estimate of drug-likeness (QED) is 0.592. The van der Waals surface area contributed by atoms with E-state index in [1.54, 1.807) is 12.1 Å². The number of hydrogen-bond donors (Lipinski definition) is 3. The van der Waals surface area contributed by atoms with Crippen molar-refractivity contribution < 1.29 is 5.11 Å². The molecule has 2 aromatic carbocycles. The van der Waals surface area contributed by atoms with Crippen LogP contribution in [-0.2, 0) is 0 Å². The predicted octanol–water partition coefficient (Wildman–Crippen LogP) is 3.44. The summed E-state index contributed by atoms with van der Waals surface area (Å²) in [5.74, 6) is 0.773. The molecule has 23 heavy (non-hydrogen) atoms. The standard InChI is InChI=1S/C15H11BrClN5O/c16-7-5-8(12(23)9(17)6-7)13-20-14(18)21-15-19-10-3-1-2-4-11(10)22(13)15/h1-6,13,23H,(H3,18,19,20,21). The van der Waals surface area contributed by atoms with Crippen LogP contribution in [0, 0.1) is 0 Å². The molecule has 0 aliphatic carbocycles. The zero-order valence-electron chi connectivity index (χ0n) is 11.7. The highest BCUT2D eigenvalue weighted by Crippen LogP contribution is 2.40. The lowest BCUT2D eigenvalue weighted by molar-refractivity contribution is 0.456. The summed E-state index contributed by atoms with van der Waals surface area (Å²) in [5, 5.41) is 13.6. The van der Waals surface area contributed by atoms with Crippen molar-refractivity contribution in [2.45, 2.75) is 6.17 Å². The van der Waals surface area contributed by atoms with Gasteiger partial charge in [-0.15, -0.1) is 0 Å². The van der Waals surface area contributed by atoms with Crippen molar-refractivity contribution in [3.05, 3.63) is 51.5 Å². The third-order valence-corrected chi connectivity index (χ3v) is 4.42. The molecule has 116 valence electrons. The first kappa shape index (κ1) is 14.3. The van der Waals surface area contributed by atoms with E-state index in [0.717, 1.165) is 15.5 Å². The van der Waals surface area contributed by atoms with Gasteiger partial charge in [-0.25, -0.2) is 9.98 Å². The van der Waals surface area contributed by atoms with Crippen LogP contribution in [0.4, 0.5) is 5.95 Å². The number of aliphatic imine (C=N–C) groups is 1. The van der Waals surface area contributed by atoms with Crippen molar-refractivity contribution in [3.8, 4) is 5.75 Å². The molecule has 1 unspecified atom stereocenters. The van der Waals surface area contributed by atoms with Crippen LogP contribution in [0.25, 0.3) is 11.0 Å². The van der Waals surface area contributed by atoms with Crippen molar-refractivity contribution in [2.24, 2.45) is 10.7 Å². The summed E-state index contributed by atoms with van der Waals surface area (Å²) in [4.78, 5) is 8.94. The Morgan fingerprint density at radius 1 is 1.30 bits per heavy atom. The lowest BCUT2D eigenvalue weighted by atomic mass is 10.1. The number of phenols is 1. The first-order chi connectivity index (χ1) is 11.0. The number of benzene rings is 2. The van der Waals surface area contributed by atoms with E-state index in [4.69, 9.17) is 17.3 Å². The number of phenolic OH excluding ortho intramolecular Hbond substituents is 1. The fourth-order valence-electron chi connectivity index (χ4n) is 2.71. The van der Waals surface area contributed by atoms with Crippen LogP contribution >= 0.6 is 27.5 Å². The molecule has 0 amide bonds. The molecule has 6 nitrogen and oxygen atoms in total. The molecule has 4 rings (SSSR count). The average Bonchev–Trinajstić information content (AvgIpc) is 2.88. The van der Waals surface area contributed by atoms with Gasteiger partial charge in [0.15, 0.2) is 12.1 Å². The summed E-state index contributed by atoms with van der Waals surface area (Å²) >= 11 is 9.49. The maximum atomic E-state index is 10.4. The SMILES string of the molecule is NC1=NC(c2cc(Br)cc(Cl)c2O)n2c(nc3ccccc32)N1. The third-order valence-electron chi connectivity index (χ3n) is 3.68. The maximum absolute atomic E-state index is 10.4. The highest BCUT2D eigenvalue weighted by atomic mass is 79.9. The summed E-state index contributed by atoms with van der Waals surface area (Å²) in [6.07, 6.45) is -0.561. The van der Waals surface area contributed by atoms with E-state index in [1.807, 2.05) is 28.8 Å². The zero-order valence-corrected chi connectivity index (χ0v) is 14.0. The second-order valence-corrected chi connectivity index (χ2v) is 6.46. The number of guanidine groups is 1.